The van der Waals surface area contributed by atoms with Crippen LogP contribution in [0.15, 0.2) is 23.2 Å². The van der Waals surface area contributed by atoms with Gasteiger partial charge in [0.1, 0.15) is 5.04 Å². The third-order valence-corrected chi connectivity index (χ3v) is 10.5. The Kier molecular flexibility index (Phi) is 7.48. The van der Waals surface area contributed by atoms with Gasteiger partial charge in [-0.05, 0) is 50.8 Å². The summed E-state index contributed by atoms with van der Waals surface area (Å²) in [6.07, 6.45) is 10.5. The molecule has 2 aromatic rings. The standard InChI is InChI=1S/C29H40ClN5OS/c1-19(33-11-13-34(14-12-33)20(2)36)26-18-37-29(32-26)25-16-21-15-22(30)17-27(28(21)31-25)35(23-7-3-4-8-23)24-9-5-6-10-24/h15-17,19,23-24,26,31H,3-14,18H2,1-2H3/t19?,26-/m1/s1. The van der Waals surface area contributed by atoms with Crippen molar-refractivity contribution in [2.75, 3.05) is 36.8 Å². The van der Waals surface area contributed by atoms with E-state index in [2.05, 4.69) is 39.9 Å². The molecule has 2 saturated carbocycles. The second-order valence-electron chi connectivity index (χ2n) is 11.5. The van der Waals surface area contributed by atoms with Crippen LogP contribution in [0.4, 0.5) is 5.69 Å². The number of aromatic nitrogens is 1. The number of hydrogen-bond acceptors (Lipinski definition) is 5. The smallest absolute Gasteiger partial charge is 0.219 e. The number of H-pyrrole nitrogens is 1. The Morgan fingerprint density at radius 3 is 2.32 bits per heavy atom. The fourth-order valence-electron chi connectivity index (χ4n) is 7.04. The van der Waals surface area contributed by atoms with E-state index >= 15 is 0 Å². The first kappa shape index (κ1) is 25.6. The number of carbonyl (C=O) groups excluding carboxylic acids is 1. The van der Waals surface area contributed by atoms with Gasteiger partial charge in [-0.15, -0.1) is 11.8 Å². The van der Waals surface area contributed by atoms with E-state index in [4.69, 9.17) is 16.6 Å². The number of rotatable bonds is 6. The molecule has 0 bridgehead atoms. The molecule has 4 aliphatic rings. The number of nitrogens with zero attached hydrogens (tertiary/aromatic N) is 4. The zero-order chi connectivity index (χ0) is 25.5. The highest BCUT2D eigenvalue weighted by Crippen LogP contribution is 2.41. The van der Waals surface area contributed by atoms with Crippen molar-refractivity contribution in [2.45, 2.75) is 89.4 Å². The van der Waals surface area contributed by atoms with E-state index in [1.807, 2.05) is 16.7 Å². The van der Waals surface area contributed by atoms with Gasteiger partial charge >= 0.3 is 0 Å². The van der Waals surface area contributed by atoms with Gasteiger partial charge in [0.2, 0.25) is 5.91 Å². The van der Waals surface area contributed by atoms with Crippen LogP contribution in [0.5, 0.6) is 0 Å². The van der Waals surface area contributed by atoms with Crippen molar-refractivity contribution < 1.29 is 4.79 Å². The number of carbonyl (C=O) groups is 1. The summed E-state index contributed by atoms with van der Waals surface area (Å²) < 4.78 is 0. The maximum Gasteiger partial charge on any atom is 0.219 e. The van der Waals surface area contributed by atoms with Crippen LogP contribution >= 0.6 is 23.4 Å². The molecule has 2 aliphatic heterocycles. The van der Waals surface area contributed by atoms with Crippen LogP contribution in [0.25, 0.3) is 10.9 Å². The molecule has 1 N–H and O–H groups in total. The summed E-state index contributed by atoms with van der Waals surface area (Å²) in [5.74, 6) is 1.18. The number of aliphatic imine (C=N–C) groups is 1. The van der Waals surface area contributed by atoms with Gasteiger partial charge in [-0.25, -0.2) is 0 Å². The number of fused-ring (bicyclic) bond motifs is 1. The molecule has 200 valence electrons. The van der Waals surface area contributed by atoms with Gasteiger partial charge in [0, 0.05) is 67.4 Å². The fourth-order valence-corrected chi connectivity index (χ4v) is 8.41. The lowest BCUT2D eigenvalue weighted by Crippen LogP contribution is -2.53. The molecule has 3 heterocycles. The van der Waals surface area contributed by atoms with Crippen molar-refractivity contribution >= 4 is 50.9 Å². The highest BCUT2D eigenvalue weighted by atomic mass is 35.5. The number of thioether (sulfide) groups is 1. The van der Waals surface area contributed by atoms with Crippen LogP contribution in [-0.2, 0) is 4.79 Å². The van der Waals surface area contributed by atoms with Crippen molar-refractivity contribution in [3.8, 4) is 0 Å². The first-order valence-corrected chi connectivity index (χ1v) is 15.7. The van der Waals surface area contributed by atoms with Crippen LogP contribution in [-0.4, -0.2) is 81.8 Å². The molecule has 1 unspecified atom stereocenters. The molecule has 2 aliphatic carbocycles. The summed E-state index contributed by atoms with van der Waals surface area (Å²) in [5, 5.41) is 3.13. The van der Waals surface area contributed by atoms with Crippen molar-refractivity contribution in [3.05, 3.63) is 28.9 Å². The van der Waals surface area contributed by atoms with Crippen LogP contribution in [0, 0.1) is 0 Å². The van der Waals surface area contributed by atoms with Gasteiger partial charge in [0.15, 0.2) is 0 Å². The van der Waals surface area contributed by atoms with E-state index in [0.29, 0.717) is 18.1 Å². The number of nitrogens with one attached hydrogen (secondary N) is 1. The van der Waals surface area contributed by atoms with Gasteiger partial charge < -0.3 is 14.8 Å². The van der Waals surface area contributed by atoms with E-state index in [-0.39, 0.29) is 11.9 Å². The SMILES string of the molecule is CC(=O)N1CCN(C(C)[C@H]2CSC(c3cc4cc(Cl)cc(N(C5CCCC5)C5CCCC5)c4[nH]3)=N2)CC1. The first-order chi connectivity index (χ1) is 18.0. The molecule has 8 heteroatoms. The second-order valence-corrected chi connectivity index (χ2v) is 12.9. The molecule has 0 spiro atoms. The first-order valence-electron chi connectivity index (χ1n) is 14.3. The molecule has 2 atom stereocenters. The minimum absolute atomic E-state index is 0.182. The molecule has 37 heavy (non-hydrogen) atoms. The molecule has 1 aromatic carbocycles. The number of aromatic amines is 1. The molecule has 6 nitrogen and oxygen atoms in total. The van der Waals surface area contributed by atoms with E-state index < -0.39 is 0 Å². The van der Waals surface area contributed by atoms with E-state index in [0.717, 1.165) is 47.7 Å². The van der Waals surface area contributed by atoms with Crippen LogP contribution in [0.2, 0.25) is 5.02 Å². The maximum absolute atomic E-state index is 11.7. The predicted octanol–water partition coefficient (Wildman–Crippen LogP) is 5.93. The van der Waals surface area contributed by atoms with Crippen molar-refractivity contribution in [3.63, 3.8) is 0 Å². The number of benzene rings is 1. The third-order valence-electron chi connectivity index (χ3n) is 9.18. The van der Waals surface area contributed by atoms with E-state index in [9.17, 15) is 4.79 Å². The zero-order valence-electron chi connectivity index (χ0n) is 22.2. The summed E-state index contributed by atoms with van der Waals surface area (Å²) in [7, 11) is 0. The highest BCUT2D eigenvalue weighted by Gasteiger charge is 2.34. The largest absolute Gasteiger partial charge is 0.364 e. The number of hydrogen-bond donors (Lipinski definition) is 1. The summed E-state index contributed by atoms with van der Waals surface area (Å²) in [4.78, 5) is 27.9. The average Bonchev–Trinajstić information content (AvgIpc) is 3.71. The molecule has 1 amide bonds. The van der Waals surface area contributed by atoms with Crippen LogP contribution in [0.3, 0.4) is 0 Å². The van der Waals surface area contributed by atoms with Gasteiger partial charge in [-0.1, -0.05) is 37.3 Å². The Morgan fingerprint density at radius 2 is 1.70 bits per heavy atom. The lowest BCUT2D eigenvalue weighted by atomic mass is 10.1. The molecule has 0 radical (unpaired) electrons. The topological polar surface area (TPSA) is 54.9 Å². The van der Waals surface area contributed by atoms with Crippen molar-refractivity contribution in [2.24, 2.45) is 4.99 Å². The minimum atomic E-state index is 0.182. The van der Waals surface area contributed by atoms with Crippen LogP contribution in [0.1, 0.15) is 70.9 Å². The fraction of sp³-hybridized carbons (Fsp3) is 0.655. The third kappa shape index (κ3) is 5.16. The zero-order valence-corrected chi connectivity index (χ0v) is 23.8. The van der Waals surface area contributed by atoms with E-state index in [1.54, 1.807) is 6.92 Å². The van der Waals surface area contributed by atoms with E-state index in [1.165, 1.54) is 68.0 Å². The summed E-state index contributed by atoms with van der Waals surface area (Å²) in [6.45, 7) is 7.47. The highest BCUT2D eigenvalue weighted by molar-refractivity contribution is 8.14. The molecular weight excluding hydrogens is 502 g/mol. The Bertz CT molecular complexity index is 1140. The quantitative estimate of drug-likeness (QED) is 0.492. The van der Waals surface area contributed by atoms with Gasteiger partial charge in [-0.3, -0.25) is 14.7 Å². The Morgan fingerprint density at radius 1 is 1.05 bits per heavy atom. The molecular formula is C29H40ClN5OS. The number of amides is 1. The lowest BCUT2D eigenvalue weighted by molar-refractivity contribution is -0.130. The molecule has 6 rings (SSSR count). The number of halogens is 1. The Labute approximate surface area is 230 Å². The van der Waals surface area contributed by atoms with Crippen molar-refractivity contribution in [1.29, 1.82) is 0 Å². The number of piperazine rings is 1. The van der Waals surface area contributed by atoms with Crippen LogP contribution < -0.4 is 4.90 Å². The molecule has 1 saturated heterocycles. The monoisotopic (exact) mass is 541 g/mol. The normalized spacial score (nSPS) is 24.8. The van der Waals surface area contributed by atoms with Gasteiger partial charge in [-0.2, -0.15) is 0 Å². The Balaban J connectivity index is 1.26. The van der Waals surface area contributed by atoms with Crippen molar-refractivity contribution in [1.82, 2.24) is 14.8 Å². The second kappa shape index (κ2) is 10.8. The summed E-state index contributed by atoms with van der Waals surface area (Å²) >= 11 is 8.59. The predicted molar refractivity (Wildman–Crippen MR) is 156 cm³/mol. The van der Waals surface area contributed by atoms with Gasteiger partial charge in [0.05, 0.1) is 22.9 Å². The average molecular weight is 542 g/mol. The summed E-state index contributed by atoms with van der Waals surface area (Å²) in [6, 6.07) is 8.47. The van der Waals surface area contributed by atoms with Gasteiger partial charge in [0.25, 0.3) is 0 Å². The summed E-state index contributed by atoms with van der Waals surface area (Å²) in [5.41, 5.74) is 3.64. The number of anilines is 1. The molecule has 3 fully saturated rings. The Hall–Kier alpha value is -1.70. The molecule has 1 aromatic heterocycles. The maximum atomic E-state index is 11.7. The lowest BCUT2D eigenvalue weighted by Gasteiger charge is -2.39. The minimum Gasteiger partial charge on any atom is -0.364 e.